The van der Waals surface area contributed by atoms with Crippen LogP contribution in [0.3, 0.4) is 0 Å². The van der Waals surface area contributed by atoms with Crippen LogP contribution in [0.15, 0.2) is 24.4 Å². The van der Waals surface area contributed by atoms with E-state index in [4.69, 9.17) is 16.3 Å². The molecule has 0 amide bonds. The molecule has 3 rings (SSSR count). The number of hydrogen-bond acceptors (Lipinski definition) is 3. The highest BCUT2D eigenvalue weighted by molar-refractivity contribution is 6.32. The second-order valence-corrected chi connectivity index (χ2v) is 6.06. The lowest BCUT2D eigenvalue weighted by atomic mass is 9.93. The van der Waals surface area contributed by atoms with Gasteiger partial charge in [0.25, 0.3) is 0 Å². The first-order chi connectivity index (χ1) is 10.7. The summed E-state index contributed by atoms with van der Waals surface area (Å²) in [6, 6.07) is 6.31. The van der Waals surface area contributed by atoms with Gasteiger partial charge in [-0.1, -0.05) is 17.7 Å². The summed E-state index contributed by atoms with van der Waals surface area (Å²) in [5, 5.41) is 8.80. The van der Waals surface area contributed by atoms with E-state index in [-0.39, 0.29) is 0 Å². The zero-order valence-corrected chi connectivity index (χ0v) is 13.9. The number of methoxy groups -OCH3 is 1. The average Bonchev–Trinajstić information content (AvgIpc) is 2.96. The largest absolute Gasteiger partial charge is 0.495 e. The number of nitrogens with zero attached hydrogens (tertiary/aromatic N) is 2. The van der Waals surface area contributed by atoms with Gasteiger partial charge in [-0.25, -0.2) is 0 Å². The van der Waals surface area contributed by atoms with Crippen LogP contribution in [0.1, 0.15) is 42.6 Å². The normalized spacial score (nSPS) is 17.3. The summed E-state index contributed by atoms with van der Waals surface area (Å²) < 4.78 is 7.31. The standard InChI is InChI=1S/C17H22ClN3O/c1-3-21-16-6-4-5-15(13(16)11-20-21)19-10-12-7-8-17(22-2)14(18)9-12/h7-9,11,15,19H,3-6,10H2,1-2H3/t15-/m1/s1. The number of aryl methyl sites for hydroxylation is 1. The van der Waals surface area contributed by atoms with E-state index in [1.807, 2.05) is 18.3 Å². The lowest BCUT2D eigenvalue weighted by Gasteiger charge is -2.24. The minimum atomic E-state index is 0.380. The van der Waals surface area contributed by atoms with E-state index in [1.54, 1.807) is 7.11 Å². The van der Waals surface area contributed by atoms with Gasteiger partial charge in [-0.15, -0.1) is 0 Å². The highest BCUT2D eigenvalue weighted by Gasteiger charge is 2.23. The molecule has 0 radical (unpaired) electrons. The molecule has 1 aromatic heterocycles. The molecule has 0 bridgehead atoms. The fourth-order valence-corrected chi connectivity index (χ4v) is 3.44. The number of aromatic nitrogens is 2. The van der Waals surface area contributed by atoms with Crippen molar-refractivity contribution >= 4 is 11.6 Å². The predicted octanol–water partition coefficient (Wildman–Crippen LogP) is 3.73. The fourth-order valence-electron chi connectivity index (χ4n) is 3.16. The zero-order chi connectivity index (χ0) is 15.5. The monoisotopic (exact) mass is 319 g/mol. The summed E-state index contributed by atoms with van der Waals surface area (Å²) in [6.45, 7) is 3.88. The minimum Gasteiger partial charge on any atom is -0.495 e. The Kier molecular flexibility index (Phi) is 4.69. The van der Waals surface area contributed by atoms with Gasteiger partial charge in [0.2, 0.25) is 0 Å². The van der Waals surface area contributed by atoms with Crippen molar-refractivity contribution in [1.82, 2.24) is 15.1 Å². The second kappa shape index (κ2) is 6.71. The average molecular weight is 320 g/mol. The Morgan fingerprint density at radius 1 is 1.45 bits per heavy atom. The first kappa shape index (κ1) is 15.4. The molecule has 1 aliphatic carbocycles. The van der Waals surface area contributed by atoms with Crippen LogP contribution in [0.5, 0.6) is 5.75 Å². The molecule has 0 saturated carbocycles. The van der Waals surface area contributed by atoms with Gasteiger partial charge in [0.1, 0.15) is 5.75 Å². The van der Waals surface area contributed by atoms with Crippen LogP contribution in [0, 0.1) is 0 Å². The number of halogens is 1. The molecular weight excluding hydrogens is 298 g/mol. The van der Waals surface area contributed by atoms with Crippen LogP contribution in [0.4, 0.5) is 0 Å². The molecule has 0 aliphatic heterocycles. The first-order valence-corrected chi connectivity index (χ1v) is 8.21. The Balaban J connectivity index is 1.70. The molecule has 0 saturated heterocycles. The minimum absolute atomic E-state index is 0.380. The Labute approximate surface area is 136 Å². The Morgan fingerprint density at radius 3 is 3.05 bits per heavy atom. The van der Waals surface area contributed by atoms with Crippen LogP contribution >= 0.6 is 11.6 Å². The molecule has 1 N–H and O–H groups in total. The van der Waals surface area contributed by atoms with Crippen molar-refractivity contribution < 1.29 is 4.74 Å². The van der Waals surface area contributed by atoms with Gasteiger partial charge < -0.3 is 10.1 Å². The molecule has 1 aliphatic rings. The van der Waals surface area contributed by atoms with E-state index in [0.717, 1.165) is 31.7 Å². The smallest absolute Gasteiger partial charge is 0.137 e. The Hall–Kier alpha value is -1.52. The lowest BCUT2D eigenvalue weighted by molar-refractivity contribution is 0.414. The fraction of sp³-hybridized carbons (Fsp3) is 0.471. The Bertz CT molecular complexity index is 653. The molecule has 5 heteroatoms. The number of fused-ring (bicyclic) bond motifs is 1. The number of rotatable bonds is 5. The van der Waals surface area contributed by atoms with Crippen molar-refractivity contribution in [3.05, 3.63) is 46.2 Å². The van der Waals surface area contributed by atoms with E-state index >= 15 is 0 Å². The molecule has 2 aromatic rings. The summed E-state index contributed by atoms with van der Waals surface area (Å²) in [4.78, 5) is 0. The summed E-state index contributed by atoms with van der Waals surface area (Å²) in [5.41, 5.74) is 3.91. The van der Waals surface area contributed by atoms with Gasteiger partial charge in [-0.3, -0.25) is 4.68 Å². The van der Waals surface area contributed by atoms with Crippen molar-refractivity contribution in [3.63, 3.8) is 0 Å². The maximum Gasteiger partial charge on any atom is 0.137 e. The van der Waals surface area contributed by atoms with E-state index in [2.05, 4.69) is 28.1 Å². The van der Waals surface area contributed by atoms with Gasteiger partial charge in [0.05, 0.1) is 18.3 Å². The summed E-state index contributed by atoms with van der Waals surface area (Å²) in [6.07, 6.45) is 5.53. The van der Waals surface area contributed by atoms with Gasteiger partial charge in [-0.05, 0) is 43.9 Å². The maximum absolute atomic E-state index is 6.19. The van der Waals surface area contributed by atoms with Crippen LogP contribution in [0.25, 0.3) is 0 Å². The van der Waals surface area contributed by atoms with Crippen molar-refractivity contribution in [1.29, 1.82) is 0 Å². The van der Waals surface area contributed by atoms with Gasteiger partial charge >= 0.3 is 0 Å². The molecule has 0 fully saturated rings. The zero-order valence-electron chi connectivity index (χ0n) is 13.1. The SMILES string of the molecule is CCn1ncc2c1CCC[C@H]2NCc1ccc(OC)c(Cl)c1. The molecule has 1 heterocycles. The molecule has 118 valence electrons. The van der Waals surface area contributed by atoms with Crippen LogP contribution in [-0.2, 0) is 19.5 Å². The van der Waals surface area contributed by atoms with Gasteiger partial charge in [0, 0.05) is 30.4 Å². The molecule has 4 nitrogen and oxygen atoms in total. The second-order valence-electron chi connectivity index (χ2n) is 5.66. The predicted molar refractivity (Wildman–Crippen MR) is 88.4 cm³/mol. The molecule has 0 unspecified atom stereocenters. The van der Waals surface area contributed by atoms with E-state index in [0.29, 0.717) is 11.1 Å². The lowest BCUT2D eigenvalue weighted by Crippen LogP contribution is -2.25. The third-order valence-corrected chi connectivity index (χ3v) is 4.63. The topological polar surface area (TPSA) is 39.1 Å². The molecule has 1 atom stereocenters. The highest BCUT2D eigenvalue weighted by Crippen LogP contribution is 2.30. The van der Waals surface area contributed by atoms with Gasteiger partial charge in [0.15, 0.2) is 0 Å². The number of hydrogen-bond donors (Lipinski definition) is 1. The van der Waals surface area contributed by atoms with Crippen molar-refractivity contribution in [2.45, 2.75) is 45.3 Å². The molecule has 1 aromatic carbocycles. The number of nitrogens with one attached hydrogen (secondary N) is 1. The third kappa shape index (κ3) is 2.99. The summed E-state index contributed by atoms with van der Waals surface area (Å²) >= 11 is 6.19. The van der Waals surface area contributed by atoms with Gasteiger partial charge in [-0.2, -0.15) is 5.10 Å². The number of ether oxygens (including phenoxy) is 1. The molecular formula is C17H22ClN3O. The summed E-state index contributed by atoms with van der Waals surface area (Å²) in [5.74, 6) is 0.717. The highest BCUT2D eigenvalue weighted by atomic mass is 35.5. The van der Waals surface area contributed by atoms with Crippen LogP contribution < -0.4 is 10.1 Å². The van der Waals surface area contributed by atoms with E-state index in [9.17, 15) is 0 Å². The molecule has 0 spiro atoms. The first-order valence-electron chi connectivity index (χ1n) is 7.83. The summed E-state index contributed by atoms with van der Waals surface area (Å²) in [7, 11) is 1.63. The quantitative estimate of drug-likeness (QED) is 0.912. The number of benzene rings is 1. The van der Waals surface area contributed by atoms with E-state index in [1.165, 1.54) is 23.2 Å². The molecule has 22 heavy (non-hydrogen) atoms. The van der Waals surface area contributed by atoms with Crippen molar-refractivity contribution in [3.8, 4) is 5.75 Å². The maximum atomic E-state index is 6.19. The van der Waals surface area contributed by atoms with Crippen molar-refractivity contribution in [2.75, 3.05) is 7.11 Å². The third-order valence-electron chi connectivity index (χ3n) is 4.33. The van der Waals surface area contributed by atoms with E-state index < -0.39 is 0 Å². The Morgan fingerprint density at radius 2 is 2.32 bits per heavy atom. The van der Waals surface area contributed by atoms with Crippen LogP contribution in [0.2, 0.25) is 5.02 Å². The van der Waals surface area contributed by atoms with Crippen LogP contribution in [-0.4, -0.2) is 16.9 Å². The van der Waals surface area contributed by atoms with Crippen molar-refractivity contribution in [2.24, 2.45) is 0 Å².